The van der Waals surface area contributed by atoms with E-state index in [4.69, 9.17) is 27.9 Å². The lowest BCUT2D eigenvalue weighted by Gasteiger charge is -2.32. The van der Waals surface area contributed by atoms with Crippen molar-refractivity contribution in [3.05, 3.63) is 33.8 Å². The number of hydrogen-bond acceptors (Lipinski definition) is 2. The third kappa shape index (κ3) is 5.25. The van der Waals surface area contributed by atoms with Crippen LogP contribution in [-0.2, 0) is 11.2 Å². The second-order valence-electron chi connectivity index (χ2n) is 5.29. The Morgan fingerprint density at radius 1 is 1.20 bits per heavy atom. The van der Waals surface area contributed by atoms with Crippen molar-refractivity contribution < 1.29 is 4.74 Å². The average Bonchev–Trinajstić information content (AvgIpc) is 2.45. The first-order valence-electron chi connectivity index (χ1n) is 7.20. The molecule has 0 aliphatic rings. The molecule has 0 spiro atoms. The van der Waals surface area contributed by atoms with Gasteiger partial charge in [-0.05, 0) is 42.4 Å². The quantitative estimate of drug-likeness (QED) is 0.673. The standard InChI is InChI=1S/C16H25Cl2NO/c1-4-16(5-2,12-19-8-9-20-3)11-13-6-7-14(17)10-15(13)18/h6-7,10,19H,4-5,8-9,11-12H2,1-3H3. The average molecular weight is 318 g/mol. The first-order chi connectivity index (χ1) is 9.56. The Bertz CT molecular complexity index is 405. The lowest BCUT2D eigenvalue weighted by atomic mass is 9.77. The maximum absolute atomic E-state index is 6.31. The fourth-order valence-electron chi connectivity index (χ4n) is 2.41. The van der Waals surface area contributed by atoms with E-state index in [9.17, 15) is 0 Å². The molecule has 0 atom stereocenters. The van der Waals surface area contributed by atoms with E-state index in [1.807, 2.05) is 18.2 Å². The molecule has 2 nitrogen and oxygen atoms in total. The van der Waals surface area contributed by atoms with Gasteiger partial charge >= 0.3 is 0 Å². The minimum atomic E-state index is 0.227. The van der Waals surface area contributed by atoms with Gasteiger partial charge in [-0.25, -0.2) is 0 Å². The van der Waals surface area contributed by atoms with Crippen LogP contribution in [-0.4, -0.2) is 26.8 Å². The van der Waals surface area contributed by atoms with Crippen LogP contribution in [0.15, 0.2) is 18.2 Å². The van der Waals surface area contributed by atoms with Crippen molar-refractivity contribution in [2.75, 3.05) is 26.8 Å². The Balaban J connectivity index is 2.74. The normalized spacial score (nSPS) is 11.8. The fourth-order valence-corrected chi connectivity index (χ4v) is 2.88. The van der Waals surface area contributed by atoms with Crippen LogP contribution in [0.25, 0.3) is 0 Å². The number of ether oxygens (including phenoxy) is 1. The zero-order valence-electron chi connectivity index (χ0n) is 12.6. The molecule has 0 fully saturated rings. The number of benzene rings is 1. The van der Waals surface area contributed by atoms with Gasteiger partial charge in [0.1, 0.15) is 0 Å². The highest BCUT2D eigenvalue weighted by molar-refractivity contribution is 6.35. The monoisotopic (exact) mass is 317 g/mol. The lowest BCUT2D eigenvalue weighted by Crippen LogP contribution is -2.36. The first-order valence-corrected chi connectivity index (χ1v) is 7.96. The summed E-state index contributed by atoms with van der Waals surface area (Å²) in [5, 5.41) is 4.94. The molecule has 0 bridgehead atoms. The van der Waals surface area contributed by atoms with Crippen molar-refractivity contribution in [3.63, 3.8) is 0 Å². The Hall–Kier alpha value is -0.280. The van der Waals surface area contributed by atoms with Gasteiger partial charge in [0.25, 0.3) is 0 Å². The molecule has 4 heteroatoms. The summed E-state index contributed by atoms with van der Waals surface area (Å²) < 4.78 is 5.08. The predicted octanol–water partition coefficient (Wildman–Crippen LogP) is 4.58. The van der Waals surface area contributed by atoms with Crippen LogP contribution in [0, 0.1) is 5.41 Å². The Labute approximate surface area is 132 Å². The molecule has 0 radical (unpaired) electrons. The summed E-state index contributed by atoms with van der Waals surface area (Å²) in [7, 11) is 1.72. The molecule has 1 aromatic carbocycles. The van der Waals surface area contributed by atoms with Crippen molar-refractivity contribution in [1.29, 1.82) is 0 Å². The van der Waals surface area contributed by atoms with Crippen LogP contribution in [0.3, 0.4) is 0 Å². The molecule has 0 saturated heterocycles. The molecule has 0 unspecified atom stereocenters. The van der Waals surface area contributed by atoms with Crippen LogP contribution in [0.1, 0.15) is 32.3 Å². The topological polar surface area (TPSA) is 21.3 Å². The molecule has 0 aromatic heterocycles. The Kier molecular flexibility index (Phi) is 7.90. The molecular formula is C16H25Cl2NO. The zero-order valence-corrected chi connectivity index (χ0v) is 14.2. The van der Waals surface area contributed by atoms with E-state index in [1.165, 1.54) is 5.56 Å². The first kappa shape index (κ1) is 17.8. The second kappa shape index (κ2) is 8.89. The van der Waals surface area contributed by atoms with Gasteiger partial charge in [-0.2, -0.15) is 0 Å². The summed E-state index contributed by atoms with van der Waals surface area (Å²) in [5.41, 5.74) is 1.40. The van der Waals surface area contributed by atoms with E-state index in [1.54, 1.807) is 7.11 Å². The van der Waals surface area contributed by atoms with Crippen LogP contribution in [0.5, 0.6) is 0 Å². The predicted molar refractivity (Wildman–Crippen MR) is 87.9 cm³/mol. The van der Waals surface area contributed by atoms with E-state index in [0.717, 1.165) is 44.0 Å². The van der Waals surface area contributed by atoms with Gasteiger partial charge in [-0.15, -0.1) is 0 Å². The van der Waals surface area contributed by atoms with Crippen molar-refractivity contribution in [1.82, 2.24) is 5.32 Å². The van der Waals surface area contributed by atoms with Crippen molar-refractivity contribution in [2.24, 2.45) is 5.41 Å². The molecule has 1 aromatic rings. The molecule has 1 rings (SSSR count). The number of hydrogen-bond donors (Lipinski definition) is 1. The Morgan fingerprint density at radius 3 is 2.45 bits per heavy atom. The third-order valence-corrected chi connectivity index (χ3v) is 4.65. The summed E-state index contributed by atoms with van der Waals surface area (Å²) in [6, 6.07) is 5.78. The van der Waals surface area contributed by atoms with Gasteiger partial charge < -0.3 is 10.1 Å². The summed E-state index contributed by atoms with van der Waals surface area (Å²) in [4.78, 5) is 0. The van der Waals surface area contributed by atoms with E-state index in [2.05, 4.69) is 19.2 Å². The molecule has 0 amide bonds. The molecule has 20 heavy (non-hydrogen) atoms. The molecule has 0 heterocycles. The minimum Gasteiger partial charge on any atom is -0.383 e. The number of halogens is 2. The van der Waals surface area contributed by atoms with Crippen LogP contribution >= 0.6 is 23.2 Å². The van der Waals surface area contributed by atoms with E-state index < -0.39 is 0 Å². The van der Waals surface area contributed by atoms with Gasteiger partial charge in [-0.1, -0.05) is 43.1 Å². The van der Waals surface area contributed by atoms with Crippen LogP contribution in [0.4, 0.5) is 0 Å². The Morgan fingerprint density at radius 2 is 1.90 bits per heavy atom. The van der Waals surface area contributed by atoms with Gasteiger partial charge in [0.15, 0.2) is 0 Å². The summed E-state index contributed by atoms with van der Waals surface area (Å²) in [5.74, 6) is 0. The van der Waals surface area contributed by atoms with Gasteiger partial charge in [0.2, 0.25) is 0 Å². The highest BCUT2D eigenvalue weighted by Gasteiger charge is 2.27. The fraction of sp³-hybridized carbons (Fsp3) is 0.625. The van der Waals surface area contributed by atoms with Gasteiger partial charge in [0.05, 0.1) is 6.61 Å². The maximum Gasteiger partial charge on any atom is 0.0587 e. The van der Waals surface area contributed by atoms with Crippen LogP contribution < -0.4 is 5.32 Å². The highest BCUT2D eigenvalue weighted by atomic mass is 35.5. The summed E-state index contributed by atoms with van der Waals surface area (Å²) in [6.45, 7) is 7.08. The SMILES string of the molecule is CCC(CC)(CNCCOC)Cc1ccc(Cl)cc1Cl. The smallest absolute Gasteiger partial charge is 0.0587 e. The molecule has 0 aliphatic heterocycles. The molecular weight excluding hydrogens is 293 g/mol. The summed E-state index contributed by atoms with van der Waals surface area (Å²) >= 11 is 12.3. The zero-order chi connectivity index (χ0) is 15.0. The van der Waals surface area contributed by atoms with E-state index >= 15 is 0 Å². The van der Waals surface area contributed by atoms with Crippen molar-refractivity contribution in [2.45, 2.75) is 33.1 Å². The third-order valence-electron chi connectivity index (χ3n) is 4.06. The number of nitrogens with one attached hydrogen (secondary N) is 1. The summed E-state index contributed by atoms with van der Waals surface area (Å²) in [6.07, 6.45) is 3.20. The maximum atomic E-state index is 6.31. The molecule has 0 saturated carbocycles. The van der Waals surface area contributed by atoms with Crippen LogP contribution in [0.2, 0.25) is 10.0 Å². The molecule has 0 aliphatic carbocycles. The van der Waals surface area contributed by atoms with Gasteiger partial charge in [-0.3, -0.25) is 0 Å². The highest BCUT2D eigenvalue weighted by Crippen LogP contribution is 2.33. The molecule has 114 valence electrons. The number of methoxy groups -OCH3 is 1. The van der Waals surface area contributed by atoms with Crippen molar-refractivity contribution >= 4 is 23.2 Å². The minimum absolute atomic E-state index is 0.227. The van der Waals surface area contributed by atoms with E-state index in [0.29, 0.717) is 5.02 Å². The largest absolute Gasteiger partial charge is 0.383 e. The van der Waals surface area contributed by atoms with Gasteiger partial charge in [0, 0.05) is 30.2 Å². The second-order valence-corrected chi connectivity index (χ2v) is 6.13. The van der Waals surface area contributed by atoms with E-state index in [-0.39, 0.29) is 5.41 Å². The lowest BCUT2D eigenvalue weighted by molar-refractivity contribution is 0.185. The van der Waals surface area contributed by atoms with Crippen molar-refractivity contribution in [3.8, 4) is 0 Å². The molecule has 1 N–H and O–H groups in total. The number of rotatable bonds is 9.